The molecule has 1 aromatic carbocycles. The van der Waals surface area contributed by atoms with Crippen molar-refractivity contribution in [1.29, 1.82) is 0 Å². The molecule has 2 saturated carbocycles. The minimum Gasteiger partial charge on any atom is -0.339 e. The Morgan fingerprint density at radius 1 is 1.07 bits per heavy atom. The molecule has 1 aliphatic heterocycles. The van der Waals surface area contributed by atoms with E-state index in [2.05, 4.69) is 4.90 Å². The summed E-state index contributed by atoms with van der Waals surface area (Å²) in [5.41, 5.74) is 1.65. The van der Waals surface area contributed by atoms with Crippen molar-refractivity contribution in [3.05, 3.63) is 29.3 Å². The van der Waals surface area contributed by atoms with Crippen LogP contribution >= 0.6 is 0 Å². The lowest BCUT2D eigenvalue weighted by Crippen LogP contribution is -2.57. The molecule has 0 bridgehead atoms. The number of nitrogens with zero attached hydrogens (tertiary/aromatic N) is 2. The number of hydrogen-bond donors (Lipinski definition) is 0. The largest absolute Gasteiger partial charge is 0.339 e. The van der Waals surface area contributed by atoms with Crippen molar-refractivity contribution in [2.45, 2.75) is 62.0 Å². The van der Waals surface area contributed by atoms with Gasteiger partial charge in [0.1, 0.15) is 0 Å². The summed E-state index contributed by atoms with van der Waals surface area (Å²) in [5, 5.41) is 0. The lowest BCUT2D eigenvalue weighted by molar-refractivity contribution is -0.135. The monoisotopic (exact) mass is 404 g/mol. The molecule has 0 aromatic heterocycles. The van der Waals surface area contributed by atoms with E-state index in [9.17, 15) is 13.2 Å². The molecule has 3 fully saturated rings. The van der Waals surface area contributed by atoms with Gasteiger partial charge >= 0.3 is 0 Å². The van der Waals surface area contributed by atoms with Gasteiger partial charge in [0.2, 0.25) is 5.91 Å². The molecular weight excluding hydrogens is 372 g/mol. The summed E-state index contributed by atoms with van der Waals surface area (Å²) in [4.78, 5) is 18.2. The molecule has 154 valence electrons. The molecule has 1 aromatic rings. The highest BCUT2D eigenvalue weighted by atomic mass is 32.2. The van der Waals surface area contributed by atoms with Crippen molar-refractivity contribution in [3.63, 3.8) is 0 Å². The fourth-order valence-electron chi connectivity index (χ4n) is 4.84. The van der Waals surface area contributed by atoms with E-state index < -0.39 is 14.6 Å². The van der Waals surface area contributed by atoms with Crippen LogP contribution in [0, 0.1) is 19.8 Å². The van der Waals surface area contributed by atoms with E-state index in [-0.39, 0.29) is 5.91 Å². The standard InChI is InChI=1S/C22H32N2O3S/c1-17-5-6-18(2)20(15-17)28(26,27)22(9-3-4-10-22)21(25)24-13-11-23(12-14-24)16-19-7-8-19/h5-6,15,19H,3-4,7-14,16H2,1-2H3. The molecule has 1 heterocycles. The van der Waals surface area contributed by atoms with Crippen LogP contribution in [0.25, 0.3) is 0 Å². The van der Waals surface area contributed by atoms with Crippen LogP contribution in [0.15, 0.2) is 23.1 Å². The Morgan fingerprint density at radius 2 is 1.71 bits per heavy atom. The Kier molecular flexibility index (Phi) is 5.29. The smallest absolute Gasteiger partial charge is 0.244 e. The van der Waals surface area contributed by atoms with E-state index in [1.165, 1.54) is 12.8 Å². The summed E-state index contributed by atoms with van der Waals surface area (Å²) >= 11 is 0. The number of rotatable bonds is 5. The van der Waals surface area contributed by atoms with Gasteiger partial charge in [-0.15, -0.1) is 0 Å². The van der Waals surface area contributed by atoms with Crippen LogP contribution in [0.5, 0.6) is 0 Å². The van der Waals surface area contributed by atoms with Gasteiger partial charge in [-0.3, -0.25) is 9.69 Å². The van der Waals surface area contributed by atoms with Crippen molar-refractivity contribution < 1.29 is 13.2 Å². The molecular formula is C22H32N2O3S. The second-order valence-corrected chi connectivity index (χ2v) is 11.2. The summed E-state index contributed by atoms with van der Waals surface area (Å²) in [6.45, 7) is 7.89. The number of carbonyl (C=O) groups is 1. The Balaban J connectivity index is 1.59. The van der Waals surface area contributed by atoms with Gasteiger partial charge in [0, 0.05) is 32.7 Å². The molecule has 28 heavy (non-hydrogen) atoms. The molecule has 0 atom stereocenters. The first-order chi connectivity index (χ1) is 13.3. The Morgan fingerprint density at radius 3 is 2.32 bits per heavy atom. The molecule has 0 N–H and O–H groups in total. The predicted molar refractivity (Wildman–Crippen MR) is 110 cm³/mol. The normalized spacial score (nSPS) is 23.1. The Hall–Kier alpha value is -1.40. The lowest BCUT2D eigenvalue weighted by Gasteiger charge is -2.39. The molecule has 3 aliphatic rings. The van der Waals surface area contributed by atoms with Gasteiger partial charge in [-0.2, -0.15) is 0 Å². The minimum atomic E-state index is -3.73. The minimum absolute atomic E-state index is 0.156. The lowest BCUT2D eigenvalue weighted by atomic mass is 10.0. The molecule has 4 rings (SSSR count). The van der Waals surface area contributed by atoms with Crippen LogP contribution in [-0.4, -0.2) is 61.6 Å². The first-order valence-electron chi connectivity index (χ1n) is 10.7. The van der Waals surface area contributed by atoms with Crippen molar-refractivity contribution in [3.8, 4) is 0 Å². The van der Waals surface area contributed by atoms with E-state index in [1.54, 1.807) is 6.07 Å². The zero-order chi connectivity index (χ0) is 19.9. The zero-order valence-electron chi connectivity index (χ0n) is 17.1. The number of amides is 1. The summed E-state index contributed by atoms with van der Waals surface area (Å²) in [6, 6.07) is 5.52. The van der Waals surface area contributed by atoms with Crippen molar-refractivity contribution in [2.75, 3.05) is 32.7 Å². The maximum atomic E-state index is 13.8. The van der Waals surface area contributed by atoms with Crippen molar-refractivity contribution in [1.82, 2.24) is 9.80 Å². The summed E-state index contributed by atoms with van der Waals surface area (Å²) in [6.07, 6.45) is 5.16. The van der Waals surface area contributed by atoms with Gasteiger partial charge in [0.25, 0.3) is 0 Å². The van der Waals surface area contributed by atoms with Gasteiger partial charge in [0.15, 0.2) is 14.6 Å². The SMILES string of the molecule is Cc1ccc(C)c(S(=O)(=O)C2(C(=O)N3CCN(CC4CC4)CC3)CCCC2)c1. The van der Waals surface area contributed by atoms with Crippen LogP contribution in [0.1, 0.15) is 49.7 Å². The number of hydrogen-bond acceptors (Lipinski definition) is 4. The molecule has 1 saturated heterocycles. The molecule has 6 heteroatoms. The molecule has 2 aliphatic carbocycles. The highest BCUT2D eigenvalue weighted by Gasteiger charge is 2.55. The average molecular weight is 405 g/mol. The predicted octanol–water partition coefficient (Wildman–Crippen LogP) is 2.94. The number of benzene rings is 1. The second-order valence-electron chi connectivity index (χ2n) is 9.01. The van der Waals surface area contributed by atoms with Crippen LogP contribution < -0.4 is 0 Å². The fraction of sp³-hybridized carbons (Fsp3) is 0.682. The van der Waals surface area contributed by atoms with Crippen LogP contribution in [0.2, 0.25) is 0 Å². The van der Waals surface area contributed by atoms with E-state index in [1.807, 2.05) is 30.9 Å². The van der Waals surface area contributed by atoms with Crippen molar-refractivity contribution >= 4 is 15.7 Å². The quantitative estimate of drug-likeness (QED) is 0.757. The highest BCUT2D eigenvalue weighted by molar-refractivity contribution is 7.93. The Bertz CT molecular complexity index is 847. The number of sulfone groups is 1. The molecule has 0 radical (unpaired) electrons. The van der Waals surface area contributed by atoms with Gasteiger partial charge < -0.3 is 4.90 Å². The summed E-state index contributed by atoms with van der Waals surface area (Å²) in [5.74, 6) is 0.685. The van der Waals surface area contributed by atoms with E-state index in [4.69, 9.17) is 0 Å². The molecule has 0 unspecified atom stereocenters. The third-order valence-electron chi connectivity index (χ3n) is 6.82. The highest BCUT2D eigenvalue weighted by Crippen LogP contribution is 2.43. The third-order valence-corrected chi connectivity index (χ3v) is 9.45. The van der Waals surface area contributed by atoms with E-state index in [0.717, 1.165) is 49.5 Å². The van der Waals surface area contributed by atoms with Gasteiger partial charge in [-0.25, -0.2) is 8.42 Å². The number of piperazine rings is 1. The first kappa shape index (κ1) is 19.9. The Labute approximate surface area is 169 Å². The maximum absolute atomic E-state index is 13.8. The molecule has 0 spiro atoms. The number of aryl methyl sites for hydroxylation is 2. The van der Waals surface area contributed by atoms with Crippen LogP contribution in [0.3, 0.4) is 0 Å². The topological polar surface area (TPSA) is 57.7 Å². The summed E-state index contributed by atoms with van der Waals surface area (Å²) < 4.78 is 26.3. The summed E-state index contributed by atoms with van der Waals surface area (Å²) in [7, 11) is -3.73. The van der Waals surface area contributed by atoms with Crippen LogP contribution in [0.4, 0.5) is 0 Å². The molecule has 1 amide bonds. The van der Waals surface area contributed by atoms with Gasteiger partial charge in [0.05, 0.1) is 4.90 Å². The van der Waals surface area contributed by atoms with Gasteiger partial charge in [-0.05, 0) is 62.6 Å². The van der Waals surface area contributed by atoms with Crippen molar-refractivity contribution in [2.24, 2.45) is 5.92 Å². The second kappa shape index (κ2) is 7.45. The zero-order valence-corrected chi connectivity index (χ0v) is 17.9. The third kappa shape index (κ3) is 3.50. The maximum Gasteiger partial charge on any atom is 0.244 e. The average Bonchev–Trinajstić information content (AvgIpc) is 3.34. The fourth-order valence-corrected chi connectivity index (χ4v) is 7.28. The van der Waals surface area contributed by atoms with E-state index in [0.29, 0.717) is 30.8 Å². The molecule has 5 nitrogen and oxygen atoms in total. The first-order valence-corrected chi connectivity index (χ1v) is 12.2. The number of carbonyl (C=O) groups excluding carboxylic acids is 1. The van der Waals surface area contributed by atoms with E-state index >= 15 is 0 Å². The van der Waals surface area contributed by atoms with Gasteiger partial charge in [-0.1, -0.05) is 25.0 Å². The van der Waals surface area contributed by atoms with Crippen LogP contribution in [-0.2, 0) is 14.6 Å².